The van der Waals surface area contributed by atoms with Crippen LogP contribution in [0.2, 0.25) is 0 Å². The molecule has 2 N–H and O–H groups in total. The van der Waals surface area contributed by atoms with Gasteiger partial charge in [-0.1, -0.05) is 49.6 Å². The number of carboxylic acids is 1. The molecule has 1 aromatic carbocycles. The summed E-state index contributed by atoms with van der Waals surface area (Å²) in [6, 6.07) is 7.41. The summed E-state index contributed by atoms with van der Waals surface area (Å²) in [6.07, 6.45) is 2.20. The number of hydrogen-bond acceptors (Lipinski definition) is 3. The topological polar surface area (TPSA) is 66.4 Å². The van der Waals surface area contributed by atoms with E-state index in [0.717, 1.165) is 18.6 Å². The SMILES string of the molecule is CCCC[C@H](NC(=O)CSCc1ccc(C)cc1)C(=O)O. The molecule has 0 unspecified atom stereocenters. The van der Waals surface area contributed by atoms with Crippen LogP contribution >= 0.6 is 11.8 Å². The lowest BCUT2D eigenvalue weighted by Gasteiger charge is -2.13. The van der Waals surface area contributed by atoms with E-state index in [-0.39, 0.29) is 11.7 Å². The average molecular weight is 309 g/mol. The van der Waals surface area contributed by atoms with Gasteiger partial charge in [0.15, 0.2) is 0 Å². The van der Waals surface area contributed by atoms with Crippen molar-refractivity contribution in [3.05, 3.63) is 35.4 Å². The Hall–Kier alpha value is -1.49. The van der Waals surface area contributed by atoms with Crippen LogP contribution in [0.3, 0.4) is 0 Å². The van der Waals surface area contributed by atoms with Crippen LogP contribution in [-0.2, 0) is 15.3 Å². The van der Waals surface area contributed by atoms with E-state index in [0.29, 0.717) is 6.42 Å². The second kappa shape index (κ2) is 9.45. The summed E-state index contributed by atoms with van der Waals surface area (Å²) in [7, 11) is 0. The minimum absolute atomic E-state index is 0.212. The Bertz CT molecular complexity index is 459. The molecule has 0 bridgehead atoms. The predicted molar refractivity (Wildman–Crippen MR) is 86.4 cm³/mol. The summed E-state index contributed by atoms with van der Waals surface area (Å²) in [5.41, 5.74) is 2.38. The zero-order chi connectivity index (χ0) is 15.7. The molecule has 0 heterocycles. The van der Waals surface area contributed by atoms with Crippen molar-refractivity contribution in [2.45, 2.75) is 44.9 Å². The highest BCUT2D eigenvalue weighted by atomic mass is 32.2. The van der Waals surface area contributed by atoms with Crippen LogP contribution < -0.4 is 5.32 Å². The van der Waals surface area contributed by atoms with Crippen molar-refractivity contribution >= 4 is 23.6 Å². The molecule has 21 heavy (non-hydrogen) atoms. The number of aryl methyl sites for hydroxylation is 1. The lowest BCUT2D eigenvalue weighted by molar-refractivity contribution is -0.141. The molecule has 0 saturated heterocycles. The molecular weight excluding hydrogens is 286 g/mol. The van der Waals surface area contributed by atoms with Crippen molar-refractivity contribution in [2.75, 3.05) is 5.75 Å². The molecule has 5 heteroatoms. The molecule has 1 amide bonds. The second-order valence-electron chi connectivity index (χ2n) is 5.08. The monoisotopic (exact) mass is 309 g/mol. The van der Waals surface area contributed by atoms with Crippen molar-refractivity contribution in [3.8, 4) is 0 Å². The number of carboxylic acid groups (broad SMARTS) is 1. The van der Waals surface area contributed by atoms with E-state index < -0.39 is 12.0 Å². The van der Waals surface area contributed by atoms with Gasteiger partial charge in [-0.15, -0.1) is 11.8 Å². The zero-order valence-corrected chi connectivity index (χ0v) is 13.4. The fourth-order valence-corrected chi connectivity index (χ4v) is 2.65. The Morgan fingerprint density at radius 2 is 1.95 bits per heavy atom. The normalized spacial score (nSPS) is 11.9. The Balaban J connectivity index is 2.32. The maximum absolute atomic E-state index is 11.8. The fourth-order valence-electron chi connectivity index (χ4n) is 1.85. The van der Waals surface area contributed by atoms with Crippen LogP contribution in [0.15, 0.2) is 24.3 Å². The van der Waals surface area contributed by atoms with Crippen LogP contribution in [0.5, 0.6) is 0 Å². The number of benzene rings is 1. The number of thioether (sulfide) groups is 1. The van der Waals surface area contributed by atoms with Gasteiger partial charge >= 0.3 is 5.97 Å². The smallest absolute Gasteiger partial charge is 0.326 e. The molecule has 4 nitrogen and oxygen atoms in total. The molecule has 0 fully saturated rings. The van der Waals surface area contributed by atoms with E-state index in [1.165, 1.54) is 22.9 Å². The van der Waals surface area contributed by atoms with Crippen LogP contribution in [-0.4, -0.2) is 28.8 Å². The molecule has 0 radical (unpaired) electrons. The van der Waals surface area contributed by atoms with Crippen molar-refractivity contribution in [2.24, 2.45) is 0 Å². The molecule has 116 valence electrons. The van der Waals surface area contributed by atoms with Gasteiger partial charge < -0.3 is 10.4 Å². The third kappa shape index (κ3) is 7.18. The van der Waals surface area contributed by atoms with Gasteiger partial charge in [0, 0.05) is 5.75 Å². The van der Waals surface area contributed by atoms with Gasteiger partial charge in [0.1, 0.15) is 6.04 Å². The standard InChI is InChI=1S/C16H23NO3S/c1-3-4-5-14(16(19)20)17-15(18)11-21-10-13-8-6-12(2)7-9-13/h6-9,14H,3-5,10-11H2,1-2H3,(H,17,18)(H,19,20)/t14-/m0/s1. The van der Waals surface area contributed by atoms with Crippen LogP contribution in [0.1, 0.15) is 37.3 Å². The first kappa shape index (κ1) is 17.6. The van der Waals surface area contributed by atoms with Gasteiger partial charge in [0.2, 0.25) is 5.91 Å². The maximum Gasteiger partial charge on any atom is 0.326 e. The van der Waals surface area contributed by atoms with E-state index >= 15 is 0 Å². The molecule has 0 saturated carbocycles. The maximum atomic E-state index is 11.8. The van der Waals surface area contributed by atoms with Crippen molar-refractivity contribution in [1.29, 1.82) is 0 Å². The molecule has 0 aliphatic heterocycles. The molecule has 1 aromatic rings. The summed E-state index contributed by atoms with van der Waals surface area (Å²) in [6.45, 7) is 4.03. The van der Waals surface area contributed by atoms with Gasteiger partial charge in [0.25, 0.3) is 0 Å². The molecule has 1 rings (SSSR count). The third-order valence-corrected chi connectivity index (χ3v) is 4.11. The highest BCUT2D eigenvalue weighted by Gasteiger charge is 2.18. The third-order valence-electron chi connectivity index (χ3n) is 3.10. The summed E-state index contributed by atoms with van der Waals surface area (Å²) in [5.74, 6) is -0.138. The molecule has 0 aliphatic rings. The lowest BCUT2D eigenvalue weighted by Crippen LogP contribution is -2.41. The first-order valence-corrected chi connectivity index (χ1v) is 8.34. The van der Waals surface area contributed by atoms with Gasteiger partial charge in [0.05, 0.1) is 5.75 Å². The quantitative estimate of drug-likeness (QED) is 0.736. The Morgan fingerprint density at radius 1 is 1.29 bits per heavy atom. The zero-order valence-electron chi connectivity index (χ0n) is 12.6. The van der Waals surface area contributed by atoms with Crippen molar-refractivity contribution in [3.63, 3.8) is 0 Å². The number of aliphatic carboxylic acids is 1. The Labute approximate surface area is 130 Å². The summed E-state index contributed by atoms with van der Waals surface area (Å²) >= 11 is 1.49. The van der Waals surface area contributed by atoms with Gasteiger partial charge in [-0.05, 0) is 18.9 Å². The number of carbonyl (C=O) groups excluding carboxylic acids is 1. The molecule has 0 aliphatic carbocycles. The Kier molecular flexibility index (Phi) is 7.90. The van der Waals surface area contributed by atoms with E-state index in [4.69, 9.17) is 5.11 Å². The van der Waals surface area contributed by atoms with E-state index in [2.05, 4.69) is 5.32 Å². The summed E-state index contributed by atoms with van der Waals surface area (Å²) in [5, 5.41) is 11.6. The highest BCUT2D eigenvalue weighted by molar-refractivity contribution is 7.99. The summed E-state index contributed by atoms with van der Waals surface area (Å²) in [4.78, 5) is 22.8. The molecule has 0 aromatic heterocycles. The van der Waals surface area contributed by atoms with E-state index in [9.17, 15) is 9.59 Å². The Morgan fingerprint density at radius 3 is 2.52 bits per heavy atom. The average Bonchev–Trinajstić information content (AvgIpc) is 2.45. The van der Waals surface area contributed by atoms with Crippen LogP contribution in [0.4, 0.5) is 0 Å². The minimum atomic E-state index is -0.958. The minimum Gasteiger partial charge on any atom is -0.480 e. The highest BCUT2D eigenvalue weighted by Crippen LogP contribution is 2.13. The predicted octanol–water partition coefficient (Wildman–Crippen LogP) is 2.99. The first-order valence-electron chi connectivity index (χ1n) is 7.18. The second-order valence-corrected chi connectivity index (χ2v) is 6.06. The van der Waals surface area contributed by atoms with Gasteiger partial charge in [-0.25, -0.2) is 4.79 Å². The number of hydrogen-bond donors (Lipinski definition) is 2. The van der Waals surface area contributed by atoms with Crippen molar-refractivity contribution in [1.82, 2.24) is 5.32 Å². The number of amides is 1. The molecule has 1 atom stereocenters. The number of unbranched alkanes of at least 4 members (excludes halogenated alkanes) is 1. The number of rotatable bonds is 9. The number of carbonyl (C=O) groups is 2. The van der Waals surface area contributed by atoms with E-state index in [1.807, 2.05) is 38.1 Å². The van der Waals surface area contributed by atoms with E-state index in [1.54, 1.807) is 0 Å². The molecular formula is C16H23NO3S. The van der Waals surface area contributed by atoms with Gasteiger partial charge in [-0.2, -0.15) is 0 Å². The first-order chi connectivity index (χ1) is 10.0. The summed E-state index contributed by atoms with van der Waals surface area (Å²) < 4.78 is 0. The molecule has 0 spiro atoms. The van der Waals surface area contributed by atoms with Crippen LogP contribution in [0.25, 0.3) is 0 Å². The van der Waals surface area contributed by atoms with Crippen molar-refractivity contribution < 1.29 is 14.7 Å². The number of nitrogens with one attached hydrogen (secondary N) is 1. The van der Waals surface area contributed by atoms with Gasteiger partial charge in [-0.3, -0.25) is 4.79 Å². The fraction of sp³-hybridized carbons (Fsp3) is 0.500. The lowest BCUT2D eigenvalue weighted by atomic mass is 10.1. The largest absolute Gasteiger partial charge is 0.480 e. The van der Waals surface area contributed by atoms with Crippen LogP contribution in [0, 0.1) is 6.92 Å².